The molecule has 0 fully saturated rings. The van der Waals surface area contributed by atoms with Gasteiger partial charge in [-0.3, -0.25) is 4.79 Å². The SMILES string of the molecule is CC1c2cccn2CCN1C(=O)CCCc1cccs1. The number of carbonyl (C=O) groups is 1. The quantitative estimate of drug-likeness (QED) is 0.845. The molecule has 0 aliphatic carbocycles. The van der Waals surface area contributed by atoms with Crippen LogP contribution in [0.1, 0.15) is 36.4 Å². The molecule has 0 aromatic carbocycles. The summed E-state index contributed by atoms with van der Waals surface area (Å²) in [6.07, 6.45) is 4.72. The van der Waals surface area contributed by atoms with E-state index >= 15 is 0 Å². The Labute approximate surface area is 123 Å². The first kappa shape index (κ1) is 13.4. The smallest absolute Gasteiger partial charge is 0.223 e. The first-order valence-corrected chi connectivity index (χ1v) is 8.10. The van der Waals surface area contributed by atoms with Crippen molar-refractivity contribution in [1.29, 1.82) is 0 Å². The van der Waals surface area contributed by atoms with Crippen molar-refractivity contribution in [3.63, 3.8) is 0 Å². The molecular formula is C16H20N2OS. The zero-order chi connectivity index (χ0) is 13.9. The lowest BCUT2D eigenvalue weighted by Gasteiger charge is -2.35. The molecule has 1 unspecified atom stereocenters. The van der Waals surface area contributed by atoms with Crippen molar-refractivity contribution in [1.82, 2.24) is 9.47 Å². The number of thiophene rings is 1. The van der Waals surface area contributed by atoms with Crippen molar-refractivity contribution >= 4 is 17.2 Å². The second-order valence-corrected chi connectivity index (χ2v) is 6.35. The molecule has 1 atom stereocenters. The summed E-state index contributed by atoms with van der Waals surface area (Å²) >= 11 is 1.77. The van der Waals surface area contributed by atoms with Crippen LogP contribution in [0.2, 0.25) is 0 Å². The van der Waals surface area contributed by atoms with Crippen molar-refractivity contribution < 1.29 is 4.79 Å². The van der Waals surface area contributed by atoms with Crippen molar-refractivity contribution in [2.24, 2.45) is 0 Å². The van der Waals surface area contributed by atoms with Crippen LogP contribution in [0.25, 0.3) is 0 Å². The van der Waals surface area contributed by atoms with Gasteiger partial charge in [0.15, 0.2) is 0 Å². The molecule has 4 heteroatoms. The first-order chi connectivity index (χ1) is 9.75. The van der Waals surface area contributed by atoms with Gasteiger partial charge < -0.3 is 9.47 Å². The summed E-state index contributed by atoms with van der Waals surface area (Å²) in [6.45, 7) is 3.88. The van der Waals surface area contributed by atoms with Crippen LogP contribution in [0.15, 0.2) is 35.8 Å². The number of aryl methyl sites for hydroxylation is 1. The van der Waals surface area contributed by atoms with Crippen LogP contribution in [-0.2, 0) is 17.8 Å². The Kier molecular flexibility index (Phi) is 3.92. The van der Waals surface area contributed by atoms with E-state index in [2.05, 4.69) is 47.3 Å². The summed E-state index contributed by atoms with van der Waals surface area (Å²) in [5.74, 6) is 0.293. The van der Waals surface area contributed by atoms with Crippen molar-refractivity contribution in [2.75, 3.05) is 6.54 Å². The molecule has 2 aromatic heterocycles. The summed E-state index contributed by atoms with van der Waals surface area (Å²) in [4.78, 5) is 15.8. The third kappa shape index (κ3) is 2.66. The Morgan fingerprint density at radius 3 is 3.05 bits per heavy atom. The lowest BCUT2D eigenvalue weighted by molar-refractivity contribution is -0.134. The standard InChI is InChI=1S/C16H20N2OS/c1-13-15-7-3-9-17(15)10-11-18(13)16(19)8-2-5-14-6-4-12-20-14/h3-4,6-7,9,12-13H,2,5,8,10-11H2,1H3. The minimum absolute atomic E-state index is 0.202. The maximum atomic E-state index is 12.4. The highest BCUT2D eigenvalue weighted by atomic mass is 32.1. The van der Waals surface area contributed by atoms with Crippen LogP contribution in [-0.4, -0.2) is 21.9 Å². The van der Waals surface area contributed by atoms with E-state index in [4.69, 9.17) is 0 Å². The molecule has 3 heterocycles. The Morgan fingerprint density at radius 1 is 1.35 bits per heavy atom. The average Bonchev–Trinajstić information content (AvgIpc) is 3.09. The number of amides is 1. The molecule has 0 spiro atoms. The zero-order valence-electron chi connectivity index (χ0n) is 11.8. The maximum Gasteiger partial charge on any atom is 0.223 e. The van der Waals surface area contributed by atoms with Gasteiger partial charge in [0.1, 0.15) is 0 Å². The predicted octanol–water partition coefficient (Wildman–Crippen LogP) is 3.48. The third-order valence-electron chi connectivity index (χ3n) is 4.06. The van der Waals surface area contributed by atoms with Crippen LogP contribution in [0, 0.1) is 0 Å². The minimum atomic E-state index is 0.202. The van der Waals surface area contributed by atoms with Gasteiger partial charge in [-0.15, -0.1) is 11.3 Å². The van der Waals surface area contributed by atoms with E-state index in [9.17, 15) is 4.79 Å². The molecule has 0 bridgehead atoms. The van der Waals surface area contributed by atoms with Crippen molar-refractivity contribution in [3.8, 4) is 0 Å². The Morgan fingerprint density at radius 2 is 2.25 bits per heavy atom. The van der Waals surface area contributed by atoms with E-state index in [1.165, 1.54) is 10.6 Å². The number of rotatable bonds is 4. The molecule has 3 nitrogen and oxygen atoms in total. The third-order valence-corrected chi connectivity index (χ3v) is 4.99. The van der Waals surface area contributed by atoms with Gasteiger partial charge in [0.05, 0.1) is 6.04 Å². The van der Waals surface area contributed by atoms with E-state index in [0.29, 0.717) is 12.3 Å². The number of aromatic nitrogens is 1. The van der Waals surface area contributed by atoms with Crippen LogP contribution < -0.4 is 0 Å². The van der Waals surface area contributed by atoms with E-state index < -0.39 is 0 Å². The fourth-order valence-electron chi connectivity index (χ4n) is 2.93. The van der Waals surface area contributed by atoms with Gasteiger partial charge in [-0.2, -0.15) is 0 Å². The molecule has 1 aliphatic rings. The minimum Gasteiger partial charge on any atom is -0.348 e. The van der Waals surface area contributed by atoms with Gasteiger partial charge in [-0.05, 0) is 43.3 Å². The highest BCUT2D eigenvalue weighted by Crippen LogP contribution is 2.26. The van der Waals surface area contributed by atoms with Gasteiger partial charge in [-0.1, -0.05) is 6.07 Å². The highest BCUT2D eigenvalue weighted by molar-refractivity contribution is 7.09. The van der Waals surface area contributed by atoms with Crippen LogP contribution in [0.4, 0.5) is 0 Å². The van der Waals surface area contributed by atoms with Gasteiger partial charge in [0.25, 0.3) is 0 Å². The summed E-state index contributed by atoms with van der Waals surface area (Å²) in [6, 6.07) is 8.61. The topological polar surface area (TPSA) is 25.2 Å². The van der Waals surface area contributed by atoms with Gasteiger partial charge in [0.2, 0.25) is 5.91 Å². The Bertz CT molecular complexity index is 573. The second-order valence-electron chi connectivity index (χ2n) is 5.32. The predicted molar refractivity (Wildman–Crippen MR) is 81.8 cm³/mol. The number of hydrogen-bond donors (Lipinski definition) is 0. The van der Waals surface area contributed by atoms with E-state index in [1.54, 1.807) is 11.3 Å². The fourth-order valence-corrected chi connectivity index (χ4v) is 3.68. The van der Waals surface area contributed by atoms with E-state index in [1.807, 2.05) is 4.90 Å². The molecule has 3 rings (SSSR count). The second kappa shape index (κ2) is 5.83. The van der Waals surface area contributed by atoms with Gasteiger partial charge >= 0.3 is 0 Å². The Hall–Kier alpha value is -1.55. The molecular weight excluding hydrogens is 268 g/mol. The molecule has 0 saturated carbocycles. The van der Waals surface area contributed by atoms with Crippen molar-refractivity contribution in [3.05, 3.63) is 46.4 Å². The molecule has 20 heavy (non-hydrogen) atoms. The fraction of sp³-hybridized carbons (Fsp3) is 0.438. The first-order valence-electron chi connectivity index (χ1n) is 7.22. The summed E-state index contributed by atoms with van der Waals surface area (Å²) in [5.41, 5.74) is 1.25. The molecule has 0 saturated heterocycles. The number of carbonyl (C=O) groups excluding carboxylic acids is 1. The molecule has 0 radical (unpaired) electrons. The lowest BCUT2D eigenvalue weighted by atomic mass is 10.1. The number of hydrogen-bond acceptors (Lipinski definition) is 2. The maximum absolute atomic E-state index is 12.4. The molecule has 1 aliphatic heterocycles. The van der Waals surface area contributed by atoms with E-state index in [0.717, 1.165) is 25.9 Å². The van der Waals surface area contributed by atoms with Crippen LogP contribution in [0.3, 0.4) is 0 Å². The highest BCUT2D eigenvalue weighted by Gasteiger charge is 2.26. The average molecular weight is 288 g/mol. The Balaban J connectivity index is 1.55. The van der Waals surface area contributed by atoms with E-state index in [-0.39, 0.29) is 6.04 Å². The van der Waals surface area contributed by atoms with Gasteiger partial charge in [-0.25, -0.2) is 0 Å². The summed E-state index contributed by atoms with van der Waals surface area (Å²) < 4.78 is 2.25. The lowest BCUT2D eigenvalue weighted by Crippen LogP contribution is -2.40. The molecule has 1 amide bonds. The number of nitrogens with zero attached hydrogens (tertiary/aromatic N) is 2. The van der Waals surface area contributed by atoms with Crippen LogP contribution in [0.5, 0.6) is 0 Å². The molecule has 2 aromatic rings. The summed E-state index contributed by atoms with van der Waals surface area (Å²) in [7, 11) is 0. The zero-order valence-corrected chi connectivity index (χ0v) is 12.6. The van der Waals surface area contributed by atoms with Crippen LogP contribution >= 0.6 is 11.3 Å². The number of fused-ring (bicyclic) bond motifs is 1. The largest absolute Gasteiger partial charge is 0.348 e. The molecule has 106 valence electrons. The monoisotopic (exact) mass is 288 g/mol. The van der Waals surface area contributed by atoms with Crippen molar-refractivity contribution in [2.45, 2.75) is 38.8 Å². The van der Waals surface area contributed by atoms with Gasteiger partial charge in [0, 0.05) is 36.3 Å². The summed E-state index contributed by atoms with van der Waals surface area (Å²) in [5, 5.41) is 2.10. The molecule has 0 N–H and O–H groups in total. The normalized spacial score (nSPS) is 18.1.